The van der Waals surface area contributed by atoms with Crippen molar-refractivity contribution in [2.45, 2.75) is 19.0 Å². The Morgan fingerprint density at radius 1 is 1.28 bits per heavy atom. The number of nitrogens with zero attached hydrogens (tertiary/aromatic N) is 3. The lowest BCUT2D eigenvalue weighted by Gasteiger charge is -2.10. The molecule has 1 amide bonds. The summed E-state index contributed by atoms with van der Waals surface area (Å²) in [6, 6.07) is 10.7. The summed E-state index contributed by atoms with van der Waals surface area (Å²) in [6.45, 7) is 3.69. The van der Waals surface area contributed by atoms with Gasteiger partial charge in [-0.15, -0.1) is 5.10 Å². The van der Waals surface area contributed by atoms with E-state index in [2.05, 4.69) is 20.5 Å². The number of H-pyrrole nitrogens is 1. The van der Waals surface area contributed by atoms with Crippen molar-refractivity contribution in [3.05, 3.63) is 57.6 Å². The molecule has 9 nitrogen and oxygen atoms in total. The molecule has 0 aliphatic heterocycles. The van der Waals surface area contributed by atoms with Crippen molar-refractivity contribution in [2.24, 2.45) is 0 Å². The fourth-order valence-corrected chi connectivity index (χ4v) is 3.18. The first-order chi connectivity index (χ1) is 13.9. The Morgan fingerprint density at radius 2 is 2.00 bits per heavy atom. The van der Waals surface area contributed by atoms with Gasteiger partial charge in [-0.3, -0.25) is 20.0 Å². The molecule has 0 fully saturated rings. The van der Waals surface area contributed by atoms with Gasteiger partial charge in [0.1, 0.15) is 0 Å². The largest absolute Gasteiger partial charge is 0.490 e. The van der Waals surface area contributed by atoms with Gasteiger partial charge in [0.2, 0.25) is 11.1 Å². The van der Waals surface area contributed by atoms with E-state index in [0.29, 0.717) is 22.2 Å². The maximum atomic E-state index is 12.3. The first kappa shape index (κ1) is 20.3. The molecule has 2 aromatic carbocycles. The average Bonchev–Trinajstić information content (AvgIpc) is 3.17. The van der Waals surface area contributed by atoms with E-state index in [-0.39, 0.29) is 23.1 Å². The number of ether oxygens (including phenoxy) is 1. The Hall–Kier alpha value is -3.40. The van der Waals surface area contributed by atoms with E-state index in [1.807, 2.05) is 31.2 Å². The van der Waals surface area contributed by atoms with Crippen molar-refractivity contribution in [1.29, 1.82) is 0 Å². The van der Waals surface area contributed by atoms with Gasteiger partial charge < -0.3 is 10.1 Å². The molecule has 0 radical (unpaired) electrons. The van der Waals surface area contributed by atoms with E-state index < -0.39 is 4.92 Å². The standard InChI is InChI=1S/C19H19N5O4S/c1-11-4-6-13(7-5-11)18-21-19(23-22-18)29-10-17(25)20-14-9-16(28-3)15(24(26)27)8-12(14)2/h4-9H,10H2,1-3H3,(H,20,25)(H,21,22,23). The smallest absolute Gasteiger partial charge is 0.311 e. The van der Waals surface area contributed by atoms with Crippen molar-refractivity contribution >= 4 is 29.0 Å². The van der Waals surface area contributed by atoms with Crippen LogP contribution in [-0.4, -0.2) is 38.9 Å². The van der Waals surface area contributed by atoms with Crippen LogP contribution in [0.5, 0.6) is 5.75 Å². The lowest BCUT2D eigenvalue weighted by Crippen LogP contribution is -2.15. The molecule has 10 heteroatoms. The number of hydrogen-bond acceptors (Lipinski definition) is 7. The number of carbonyl (C=O) groups excluding carboxylic acids is 1. The molecule has 0 saturated heterocycles. The monoisotopic (exact) mass is 413 g/mol. The number of aryl methyl sites for hydroxylation is 2. The predicted octanol–water partition coefficient (Wildman–Crippen LogP) is 3.74. The molecule has 0 aliphatic rings. The summed E-state index contributed by atoms with van der Waals surface area (Å²) in [5, 5.41) is 21.2. The normalized spacial score (nSPS) is 10.6. The van der Waals surface area contributed by atoms with Gasteiger partial charge in [-0.25, -0.2) is 4.98 Å². The summed E-state index contributed by atoms with van der Waals surface area (Å²) >= 11 is 1.19. The highest BCUT2D eigenvalue weighted by Crippen LogP contribution is 2.33. The second-order valence-corrected chi connectivity index (χ2v) is 7.21. The first-order valence-corrected chi connectivity index (χ1v) is 9.61. The highest BCUT2D eigenvalue weighted by atomic mass is 32.2. The minimum atomic E-state index is -0.526. The number of nitrogens with one attached hydrogen (secondary N) is 2. The van der Waals surface area contributed by atoms with Gasteiger partial charge in [-0.1, -0.05) is 41.6 Å². The molecule has 0 bridgehead atoms. The minimum absolute atomic E-state index is 0.0836. The van der Waals surface area contributed by atoms with Gasteiger partial charge in [0.15, 0.2) is 11.6 Å². The van der Waals surface area contributed by atoms with Crippen LogP contribution in [0.25, 0.3) is 11.4 Å². The number of anilines is 1. The second kappa shape index (κ2) is 8.74. The van der Waals surface area contributed by atoms with E-state index in [1.165, 1.54) is 31.0 Å². The SMILES string of the molecule is COc1cc(NC(=O)CSc2n[nH]c(-c3ccc(C)cc3)n2)c(C)cc1[N+](=O)[O-]. The van der Waals surface area contributed by atoms with E-state index >= 15 is 0 Å². The molecule has 0 aliphatic carbocycles. The van der Waals surface area contributed by atoms with E-state index in [4.69, 9.17) is 4.74 Å². The summed E-state index contributed by atoms with van der Waals surface area (Å²) in [5.74, 6) is 0.518. The fourth-order valence-electron chi connectivity index (χ4n) is 2.58. The first-order valence-electron chi connectivity index (χ1n) is 8.62. The second-order valence-electron chi connectivity index (χ2n) is 6.27. The van der Waals surface area contributed by atoms with Crippen LogP contribution in [0.15, 0.2) is 41.6 Å². The Labute approximate surface area is 171 Å². The summed E-state index contributed by atoms with van der Waals surface area (Å²) in [4.78, 5) is 27.2. The molecule has 29 heavy (non-hydrogen) atoms. The quantitative estimate of drug-likeness (QED) is 0.344. The number of carbonyl (C=O) groups is 1. The number of nitro benzene ring substituents is 1. The number of amides is 1. The molecular weight excluding hydrogens is 394 g/mol. The highest BCUT2D eigenvalue weighted by molar-refractivity contribution is 7.99. The van der Waals surface area contributed by atoms with Gasteiger partial charge in [0.25, 0.3) is 0 Å². The molecule has 1 heterocycles. The molecule has 150 valence electrons. The Balaban J connectivity index is 1.63. The van der Waals surface area contributed by atoms with Crippen molar-refractivity contribution in [2.75, 3.05) is 18.2 Å². The zero-order valence-corrected chi connectivity index (χ0v) is 16.9. The zero-order chi connectivity index (χ0) is 21.0. The summed E-state index contributed by atoms with van der Waals surface area (Å²) in [7, 11) is 1.34. The van der Waals surface area contributed by atoms with E-state index in [0.717, 1.165) is 11.1 Å². The lowest BCUT2D eigenvalue weighted by molar-refractivity contribution is -0.385. The highest BCUT2D eigenvalue weighted by Gasteiger charge is 2.18. The number of benzene rings is 2. The van der Waals surface area contributed by atoms with Crippen LogP contribution in [0.4, 0.5) is 11.4 Å². The van der Waals surface area contributed by atoms with Crippen LogP contribution in [-0.2, 0) is 4.79 Å². The number of aromatic amines is 1. The fraction of sp³-hybridized carbons (Fsp3) is 0.211. The summed E-state index contributed by atoms with van der Waals surface area (Å²) < 4.78 is 5.04. The van der Waals surface area contributed by atoms with Gasteiger partial charge in [0.05, 0.1) is 17.8 Å². The number of thioether (sulfide) groups is 1. The van der Waals surface area contributed by atoms with Crippen LogP contribution in [0.2, 0.25) is 0 Å². The minimum Gasteiger partial charge on any atom is -0.490 e. The molecule has 2 N–H and O–H groups in total. The van der Waals surface area contributed by atoms with Crippen molar-refractivity contribution < 1.29 is 14.5 Å². The Bertz CT molecular complexity index is 1050. The number of hydrogen-bond donors (Lipinski definition) is 2. The van der Waals surface area contributed by atoms with Crippen LogP contribution >= 0.6 is 11.8 Å². The predicted molar refractivity (Wildman–Crippen MR) is 110 cm³/mol. The summed E-state index contributed by atoms with van der Waals surface area (Å²) in [5.41, 5.74) is 2.93. The Kier molecular flexibility index (Phi) is 6.13. The number of nitro groups is 1. The number of methoxy groups -OCH3 is 1. The van der Waals surface area contributed by atoms with Crippen molar-refractivity contribution in [3.8, 4) is 17.1 Å². The summed E-state index contributed by atoms with van der Waals surface area (Å²) in [6.07, 6.45) is 0. The van der Waals surface area contributed by atoms with Crippen LogP contribution in [0, 0.1) is 24.0 Å². The molecule has 0 saturated carbocycles. The van der Waals surface area contributed by atoms with Crippen LogP contribution < -0.4 is 10.1 Å². The third kappa shape index (κ3) is 4.91. The molecule has 0 spiro atoms. The van der Waals surface area contributed by atoms with E-state index in [9.17, 15) is 14.9 Å². The molecule has 3 rings (SSSR count). The molecule has 3 aromatic rings. The van der Waals surface area contributed by atoms with Gasteiger partial charge in [0, 0.05) is 23.4 Å². The maximum absolute atomic E-state index is 12.3. The third-order valence-electron chi connectivity index (χ3n) is 4.12. The van der Waals surface area contributed by atoms with E-state index in [1.54, 1.807) is 6.92 Å². The third-order valence-corrected chi connectivity index (χ3v) is 4.97. The van der Waals surface area contributed by atoms with Crippen LogP contribution in [0.1, 0.15) is 11.1 Å². The molecule has 1 aromatic heterocycles. The van der Waals surface area contributed by atoms with Gasteiger partial charge in [-0.2, -0.15) is 0 Å². The van der Waals surface area contributed by atoms with Gasteiger partial charge >= 0.3 is 5.69 Å². The molecule has 0 unspecified atom stereocenters. The van der Waals surface area contributed by atoms with Crippen LogP contribution in [0.3, 0.4) is 0 Å². The van der Waals surface area contributed by atoms with Gasteiger partial charge in [-0.05, 0) is 19.4 Å². The lowest BCUT2D eigenvalue weighted by atomic mass is 10.1. The molecule has 0 atom stereocenters. The zero-order valence-electron chi connectivity index (χ0n) is 16.1. The molecular formula is C19H19N5O4S. The number of aromatic nitrogens is 3. The maximum Gasteiger partial charge on any atom is 0.311 e. The average molecular weight is 413 g/mol. The van der Waals surface area contributed by atoms with Crippen molar-refractivity contribution in [3.63, 3.8) is 0 Å². The van der Waals surface area contributed by atoms with Crippen molar-refractivity contribution in [1.82, 2.24) is 15.2 Å². The number of rotatable bonds is 7. The topological polar surface area (TPSA) is 123 Å². The Morgan fingerprint density at radius 3 is 2.66 bits per heavy atom.